The molecule has 0 saturated carbocycles. The fourth-order valence-electron chi connectivity index (χ4n) is 3.04. The summed E-state index contributed by atoms with van der Waals surface area (Å²) in [5.41, 5.74) is 10.6. The van der Waals surface area contributed by atoms with Crippen molar-refractivity contribution in [1.29, 1.82) is 0 Å². The molecule has 0 bridgehead atoms. The minimum atomic E-state index is 0.101. The van der Waals surface area contributed by atoms with Crippen LogP contribution in [0.25, 0.3) is 10.6 Å². The van der Waals surface area contributed by atoms with Gasteiger partial charge >= 0.3 is 0 Å². The first-order chi connectivity index (χ1) is 11.7. The first-order valence-electron chi connectivity index (χ1n) is 7.89. The molecule has 0 aliphatic carbocycles. The number of aromatic nitrogens is 1. The molecule has 4 rings (SSSR count). The number of rotatable bonds is 3. The number of nitrogens with zero attached hydrogens (tertiary/aromatic N) is 2. The van der Waals surface area contributed by atoms with Gasteiger partial charge in [0.1, 0.15) is 5.01 Å². The Balaban J connectivity index is 1.52. The number of anilines is 2. The van der Waals surface area contributed by atoms with E-state index in [-0.39, 0.29) is 5.91 Å². The summed E-state index contributed by atoms with van der Waals surface area (Å²) in [7, 11) is 0. The Kier molecular flexibility index (Phi) is 3.78. The zero-order valence-corrected chi connectivity index (χ0v) is 13.9. The van der Waals surface area contributed by atoms with E-state index < -0.39 is 0 Å². The highest BCUT2D eigenvalue weighted by atomic mass is 32.1. The average molecular weight is 335 g/mol. The van der Waals surface area contributed by atoms with E-state index in [0.29, 0.717) is 12.1 Å². The van der Waals surface area contributed by atoms with Crippen LogP contribution in [0.3, 0.4) is 0 Å². The number of hydrogen-bond acceptors (Lipinski definition) is 4. The van der Waals surface area contributed by atoms with Gasteiger partial charge in [-0.15, -0.1) is 11.3 Å². The van der Waals surface area contributed by atoms with E-state index in [4.69, 9.17) is 5.73 Å². The molecular weight excluding hydrogens is 318 g/mol. The minimum absolute atomic E-state index is 0.101. The number of nitrogens with two attached hydrogens (primary N) is 1. The highest BCUT2D eigenvalue weighted by Crippen LogP contribution is 2.29. The van der Waals surface area contributed by atoms with E-state index >= 15 is 0 Å². The SMILES string of the molecule is Nc1cccc(-c2nc(CC(=O)N3CCc4ccccc43)cs2)c1. The maximum absolute atomic E-state index is 12.6. The molecule has 1 aliphatic rings. The van der Waals surface area contributed by atoms with Gasteiger partial charge in [0.15, 0.2) is 0 Å². The average Bonchev–Trinajstić information content (AvgIpc) is 3.21. The number of carbonyl (C=O) groups is 1. The number of para-hydroxylation sites is 1. The van der Waals surface area contributed by atoms with Crippen LogP contribution in [0.2, 0.25) is 0 Å². The van der Waals surface area contributed by atoms with Crippen LogP contribution in [0.5, 0.6) is 0 Å². The molecule has 1 amide bonds. The molecule has 2 aromatic carbocycles. The molecule has 0 fully saturated rings. The fourth-order valence-corrected chi connectivity index (χ4v) is 3.86. The summed E-state index contributed by atoms with van der Waals surface area (Å²) < 4.78 is 0. The minimum Gasteiger partial charge on any atom is -0.399 e. The molecule has 3 aromatic rings. The standard InChI is InChI=1S/C19H17N3OS/c20-15-6-3-5-14(10-15)19-21-16(12-24-19)11-18(23)22-9-8-13-4-1-2-7-17(13)22/h1-7,10,12H,8-9,11,20H2. The highest BCUT2D eigenvalue weighted by molar-refractivity contribution is 7.13. The molecule has 2 N–H and O–H groups in total. The van der Waals surface area contributed by atoms with Crippen LogP contribution >= 0.6 is 11.3 Å². The first kappa shape index (κ1) is 14.9. The van der Waals surface area contributed by atoms with Gasteiger partial charge in [-0.1, -0.05) is 30.3 Å². The van der Waals surface area contributed by atoms with Crippen molar-refractivity contribution < 1.29 is 4.79 Å². The fraction of sp³-hybridized carbons (Fsp3) is 0.158. The summed E-state index contributed by atoms with van der Waals surface area (Å²) in [6.07, 6.45) is 1.25. The lowest BCUT2D eigenvalue weighted by atomic mass is 10.2. The van der Waals surface area contributed by atoms with E-state index in [1.807, 2.05) is 52.7 Å². The third kappa shape index (κ3) is 2.78. The van der Waals surface area contributed by atoms with Crippen molar-refractivity contribution in [3.05, 3.63) is 65.2 Å². The molecule has 0 unspecified atom stereocenters. The van der Waals surface area contributed by atoms with Crippen LogP contribution in [0, 0.1) is 0 Å². The Morgan fingerprint density at radius 1 is 1.21 bits per heavy atom. The molecule has 0 saturated heterocycles. The van der Waals surface area contributed by atoms with E-state index in [2.05, 4.69) is 11.1 Å². The molecule has 5 heteroatoms. The Labute approximate surface area is 144 Å². The van der Waals surface area contributed by atoms with Crippen molar-refractivity contribution in [3.63, 3.8) is 0 Å². The predicted octanol–water partition coefficient (Wildman–Crippen LogP) is 3.52. The number of carbonyl (C=O) groups excluding carboxylic acids is 1. The normalized spacial score (nSPS) is 13.1. The first-order valence-corrected chi connectivity index (χ1v) is 8.77. The largest absolute Gasteiger partial charge is 0.399 e. The lowest BCUT2D eigenvalue weighted by molar-refractivity contribution is -0.117. The summed E-state index contributed by atoms with van der Waals surface area (Å²) >= 11 is 1.54. The molecule has 120 valence electrons. The lowest BCUT2D eigenvalue weighted by Gasteiger charge is -2.16. The van der Waals surface area contributed by atoms with Gasteiger partial charge in [-0.25, -0.2) is 4.98 Å². The number of hydrogen-bond donors (Lipinski definition) is 1. The Morgan fingerprint density at radius 2 is 2.08 bits per heavy atom. The number of benzene rings is 2. The van der Waals surface area contributed by atoms with Crippen molar-refractivity contribution in [2.75, 3.05) is 17.2 Å². The zero-order chi connectivity index (χ0) is 16.5. The van der Waals surface area contributed by atoms with E-state index in [9.17, 15) is 4.79 Å². The summed E-state index contributed by atoms with van der Waals surface area (Å²) in [6, 6.07) is 15.8. The van der Waals surface area contributed by atoms with E-state index in [1.165, 1.54) is 5.56 Å². The van der Waals surface area contributed by atoms with Gasteiger partial charge in [0, 0.05) is 28.9 Å². The summed E-state index contributed by atoms with van der Waals surface area (Å²) in [4.78, 5) is 19.1. The molecule has 0 spiro atoms. The van der Waals surface area contributed by atoms with Gasteiger partial charge in [-0.2, -0.15) is 0 Å². The number of thiazole rings is 1. The number of nitrogen functional groups attached to an aromatic ring is 1. The predicted molar refractivity (Wildman–Crippen MR) is 98.2 cm³/mol. The molecule has 4 nitrogen and oxygen atoms in total. The van der Waals surface area contributed by atoms with Gasteiger partial charge in [0.05, 0.1) is 12.1 Å². The van der Waals surface area contributed by atoms with Crippen LogP contribution in [0.4, 0.5) is 11.4 Å². The van der Waals surface area contributed by atoms with Crippen molar-refractivity contribution >= 4 is 28.6 Å². The monoisotopic (exact) mass is 335 g/mol. The topological polar surface area (TPSA) is 59.2 Å². The third-order valence-electron chi connectivity index (χ3n) is 4.21. The Morgan fingerprint density at radius 3 is 2.96 bits per heavy atom. The van der Waals surface area contributed by atoms with E-state index in [1.54, 1.807) is 11.3 Å². The van der Waals surface area contributed by atoms with Crippen molar-refractivity contribution in [1.82, 2.24) is 4.98 Å². The smallest absolute Gasteiger partial charge is 0.233 e. The van der Waals surface area contributed by atoms with Crippen LogP contribution in [0.15, 0.2) is 53.9 Å². The van der Waals surface area contributed by atoms with Crippen molar-refractivity contribution in [2.24, 2.45) is 0 Å². The van der Waals surface area contributed by atoms with Gasteiger partial charge in [-0.05, 0) is 30.2 Å². The number of amides is 1. The molecule has 1 aliphatic heterocycles. The summed E-state index contributed by atoms with van der Waals surface area (Å²) in [6.45, 7) is 0.754. The number of fused-ring (bicyclic) bond motifs is 1. The van der Waals surface area contributed by atoms with Crippen LogP contribution in [-0.2, 0) is 17.6 Å². The Bertz CT molecular complexity index is 903. The van der Waals surface area contributed by atoms with Crippen molar-refractivity contribution in [3.8, 4) is 10.6 Å². The maximum Gasteiger partial charge on any atom is 0.233 e. The molecular formula is C19H17N3OS. The lowest BCUT2D eigenvalue weighted by Crippen LogP contribution is -2.30. The van der Waals surface area contributed by atoms with Gasteiger partial charge < -0.3 is 10.6 Å². The van der Waals surface area contributed by atoms with Crippen LogP contribution in [0.1, 0.15) is 11.3 Å². The highest BCUT2D eigenvalue weighted by Gasteiger charge is 2.24. The second-order valence-corrected chi connectivity index (χ2v) is 6.73. The summed E-state index contributed by atoms with van der Waals surface area (Å²) in [5, 5.41) is 2.85. The van der Waals surface area contributed by atoms with Gasteiger partial charge in [-0.3, -0.25) is 4.79 Å². The van der Waals surface area contributed by atoms with Crippen molar-refractivity contribution in [2.45, 2.75) is 12.8 Å². The molecule has 2 heterocycles. The van der Waals surface area contributed by atoms with Gasteiger partial charge in [0.25, 0.3) is 0 Å². The van der Waals surface area contributed by atoms with Gasteiger partial charge in [0.2, 0.25) is 5.91 Å². The second kappa shape index (κ2) is 6.09. The third-order valence-corrected chi connectivity index (χ3v) is 5.15. The quantitative estimate of drug-likeness (QED) is 0.745. The van der Waals surface area contributed by atoms with Crippen LogP contribution < -0.4 is 10.6 Å². The second-order valence-electron chi connectivity index (χ2n) is 5.87. The maximum atomic E-state index is 12.6. The zero-order valence-electron chi connectivity index (χ0n) is 13.1. The molecule has 0 radical (unpaired) electrons. The molecule has 24 heavy (non-hydrogen) atoms. The summed E-state index contributed by atoms with van der Waals surface area (Å²) in [5.74, 6) is 0.101. The van der Waals surface area contributed by atoms with Crippen LogP contribution in [-0.4, -0.2) is 17.4 Å². The molecule has 1 aromatic heterocycles. The molecule has 0 atom stereocenters. The van der Waals surface area contributed by atoms with E-state index in [0.717, 1.165) is 34.9 Å². The Hall–Kier alpha value is -2.66.